The predicted molar refractivity (Wildman–Crippen MR) is 94.3 cm³/mol. The maximum Gasteiger partial charge on any atom is 0.223 e. The lowest BCUT2D eigenvalue weighted by molar-refractivity contribution is -0.124. The normalized spacial score (nSPS) is 24.2. The zero-order valence-electron chi connectivity index (χ0n) is 14.7. The van der Waals surface area contributed by atoms with E-state index in [2.05, 4.69) is 55.7 Å². The van der Waals surface area contributed by atoms with Crippen molar-refractivity contribution in [2.24, 2.45) is 11.3 Å². The first-order valence-electron chi connectivity index (χ1n) is 9.06. The number of carbonyl (C=O) groups excluding carboxylic acids is 1. The molecule has 2 N–H and O–H groups in total. The van der Waals surface area contributed by atoms with Crippen molar-refractivity contribution in [2.75, 3.05) is 13.1 Å². The first-order chi connectivity index (χ1) is 11.0. The van der Waals surface area contributed by atoms with Gasteiger partial charge in [-0.15, -0.1) is 0 Å². The average molecular weight is 314 g/mol. The van der Waals surface area contributed by atoms with E-state index in [0.29, 0.717) is 5.41 Å². The Morgan fingerprint density at radius 2 is 1.96 bits per heavy atom. The minimum absolute atomic E-state index is 0.0537. The zero-order chi connectivity index (χ0) is 16.5. The van der Waals surface area contributed by atoms with E-state index < -0.39 is 0 Å². The molecule has 23 heavy (non-hydrogen) atoms. The summed E-state index contributed by atoms with van der Waals surface area (Å²) in [5, 5.41) is 6.79. The number of amides is 1. The lowest BCUT2D eigenvalue weighted by Crippen LogP contribution is -2.48. The van der Waals surface area contributed by atoms with Crippen LogP contribution in [0.2, 0.25) is 0 Å². The summed E-state index contributed by atoms with van der Waals surface area (Å²) in [5.74, 6) is 0.521. The highest BCUT2D eigenvalue weighted by Crippen LogP contribution is 2.58. The van der Waals surface area contributed by atoms with Crippen molar-refractivity contribution < 1.29 is 4.79 Å². The molecule has 0 bridgehead atoms. The van der Waals surface area contributed by atoms with Gasteiger partial charge in [0.05, 0.1) is 0 Å². The summed E-state index contributed by atoms with van der Waals surface area (Å²) >= 11 is 0. The van der Waals surface area contributed by atoms with E-state index in [9.17, 15) is 4.79 Å². The Labute approximate surface area is 140 Å². The number of carbonyl (C=O) groups is 1. The SMILES string of the molecule is CCC(NC(=O)C1CC12CCNCC2)C(C)(C)c1ccccc1. The number of nitrogens with one attached hydrogen (secondary N) is 2. The van der Waals surface area contributed by atoms with Crippen LogP contribution in [0.25, 0.3) is 0 Å². The van der Waals surface area contributed by atoms with Crippen molar-refractivity contribution in [3.05, 3.63) is 35.9 Å². The molecule has 0 radical (unpaired) electrons. The van der Waals surface area contributed by atoms with Gasteiger partial charge in [-0.05, 0) is 49.8 Å². The number of hydrogen-bond acceptors (Lipinski definition) is 2. The molecule has 126 valence electrons. The molecular weight excluding hydrogens is 284 g/mol. The summed E-state index contributed by atoms with van der Waals surface area (Å²) < 4.78 is 0. The Hall–Kier alpha value is -1.35. The first-order valence-corrected chi connectivity index (χ1v) is 9.06. The van der Waals surface area contributed by atoms with Gasteiger partial charge in [-0.1, -0.05) is 51.1 Å². The summed E-state index contributed by atoms with van der Waals surface area (Å²) in [4.78, 5) is 12.8. The van der Waals surface area contributed by atoms with Gasteiger partial charge in [-0.25, -0.2) is 0 Å². The van der Waals surface area contributed by atoms with Crippen LogP contribution >= 0.6 is 0 Å². The van der Waals surface area contributed by atoms with E-state index in [4.69, 9.17) is 0 Å². The van der Waals surface area contributed by atoms with Crippen molar-refractivity contribution >= 4 is 5.91 Å². The standard InChI is InChI=1S/C20H30N2O/c1-4-17(19(2,3)15-8-6-5-7-9-15)22-18(23)16-14-20(16)10-12-21-13-11-20/h5-9,16-17,21H,4,10-14H2,1-3H3,(H,22,23). The van der Waals surface area contributed by atoms with Gasteiger partial charge in [0.25, 0.3) is 0 Å². The van der Waals surface area contributed by atoms with Crippen LogP contribution in [0.3, 0.4) is 0 Å². The second-order valence-corrected chi connectivity index (χ2v) is 7.93. The minimum Gasteiger partial charge on any atom is -0.352 e. The number of hydrogen-bond donors (Lipinski definition) is 2. The topological polar surface area (TPSA) is 41.1 Å². The van der Waals surface area contributed by atoms with Gasteiger partial charge in [0.1, 0.15) is 0 Å². The molecule has 2 unspecified atom stereocenters. The number of benzene rings is 1. The first kappa shape index (κ1) is 16.5. The fourth-order valence-electron chi connectivity index (χ4n) is 4.33. The lowest BCUT2D eigenvalue weighted by Gasteiger charge is -2.35. The van der Waals surface area contributed by atoms with E-state index in [1.165, 1.54) is 5.56 Å². The third-order valence-corrected chi connectivity index (χ3v) is 6.22. The fourth-order valence-corrected chi connectivity index (χ4v) is 4.33. The second kappa shape index (κ2) is 6.27. The van der Waals surface area contributed by atoms with E-state index >= 15 is 0 Å². The molecule has 3 heteroatoms. The minimum atomic E-state index is -0.0537. The Morgan fingerprint density at radius 3 is 2.57 bits per heavy atom. The molecular formula is C20H30N2O. The molecule has 1 saturated heterocycles. The molecule has 1 saturated carbocycles. The highest BCUT2D eigenvalue weighted by atomic mass is 16.2. The third-order valence-electron chi connectivity index (χ3n) is 6.22. The van der Waals surface area contributed by atoms with Gasteiger partial charge in [0.2, 0.25) is 5.91 Å². The highest BCUT2D eigenvalue weighted by molar-refractivity contribution is 5.83. The van der Waals surface area contributed by atoms with E-state index in [0.717, 1.165) is 38.8 Å². The summed E-state index contributed by atoms with van der Waals surface area (Å²) in [7, 11) is 0. The van der Waals surface area contributed by atoms with Crippen LogP contribution in [0.4, 0.5) is 0 Å². The van der Waals surface area contributed by atoms with Crippen molar-refractivity contribution in [3.63, 3.8) is 0 Å². The van der Waals surface area contributed by atoms with Gasteiger partial charge < -0.3 is 10.6 Å². The van der Waals surface area contributed by atoms with Crippen molar-refractivity contribution in [2.45, 2.75) is 57.9 Å². The van der Waals surface area contributed by atoms with Gasteiger partial charge in [0, 0.05) is 17.4 Å². The molecule has 3 rings (SSSR count). The van der Waals surface area contributed by atoms with Gasteiger partial charge >= 0.3 is 0 Å². The van der Waals surface area contributed by atoms with Gasteiger partial charge in [-0.2, -0.15) is 0 Å². The molecule has 2 aliphatic rings. The van der Waals surface area contributed by atoms with Crippen molar-refractivity contribution in [1.29, 1.82) is 0 Å². The van der Waals surface area contributed by atoms with E-state index in [1.807, 2.05) is 6.07 Å². The molecule has 3 nitrogen and oxygen atoms in total. The summed E-state index contributed by atoms with van der Waals surface area (Å²) in [6.07, 6.45) is 4.35. The maximum absolute atomic E-state index is 12.8. The van der Waals surface area contributed by atoms with Gasteiger partial charge in [-0.3, -0.25) is 4.79 Å². The lowest BCUT2D eigenvalue weighted by atomic mass is 9.76. The number of rotatable bonds is 5. The zero-order valence-corrected chi connectivity index (χ0v) is 14.7. The van der Waals surface area contributed by atoms with Gasteiger partial charge in [0.15, 0.2) is 0 Å². The second-order valence-electron chi connectivity index (χ2n) is 7.93. The quantitative estimate of drug-likeness (QED) is 0.876. The van der Waals surface area contributed by atoms with Crippen molar-refractivity contribution in [3.8, 4) is 0 Å². The monoisotopic (exact) mass is 314 g/mol. The molecule has 2 atom stereocenters. The molecule has 2 fully saturated rings. The molecule has 0 aromatic heterocycles. The number of piperidine rings is 1. The maximum atomic E-state index is 12.8. The molecule has 1 aliphatic carbocycles. The third kappa shape index (κ3) is 3.16. The summed E-state index contributed by atoms with van der Waals surface area (Å²) in [6, 6.07) is 10.7. The van der Waals surface area contributed by atoms with Crippen LogP contribution < -0.4 is 10.6 Å². The molecule has 1 aromatic carbocycles. The van der Waals surface area contributed by atoms with Crippen LogP contribution in [0, 0.1) is 11.3 Å². The Balaban J connectivity index is 1.67. The summed E-state index contributed by atoms with van der Waals surface area (Å²) in [5.41, 5.74) is 1.55. The molecule has 1 amide bonds. The molecule has 1 aromatic rings. The Bertz CT molecular complexity index is 546. The van der Waals surface area contributed by atoms with Crippen LogP contribution in [0.1, 0.15) is 52.0 Å². The summed E-state index contributed by atoms with van der Waals surface area (Å²) in [6.45, 7) is 8.78. The predicted octanol–water partition coefficient (Wildman–Crippen LogP) is 3.25. The van der Waals surface area contributed by atoms with Crippen LogP contribution in [0.15, 0.2) is 30.3 Å². The van der Waals surface area contributed by atoms with E-state index in [1.54, 1.807) is 0 Å². The van der Waals surface area contributed by atoms with E-state index in [-0.39, 0.29) is 23.3 Å². The average Bonchev–Trinajstić information content (AvgIpc) is 3.26. The van der Waals surface area contributed by atoms with Crippen molar-refractivity contribution in [1.82, 2.24) is 10.6 Å². The van der Waals surface area contributed by atoms with Crippen LogP contribution in [-0.2, 0) is 10.2 Å². The smallest absolute Gasteiger partial charge is 0.223 e. The molecule has 1 aliphatic heterocycles. The Kier molecular flexibility index (Phi) is 4.50. The Morgan fingerprint density at radius 1 is 1.30 bits per heavy atom. The fraction of sp³-hybridized carbons (Fsp3) is 0.650. The van der Waals surface area contributed by atoms with Crippen LogP contribution in [-0.4, -0.2) is 25.0 Å². The molecule has 1 spiro atoms. The van der Waals surface area contributed by atoms with Crippen LogP contribution in [0.5, 0.6) is 0 Å². The molecule has 1 heterocycles. The highest BCUT2D eigenvalue weighted by Gasteiger charge is 2.58. The largest absolute Gasteiger partial charge is 0.352 e.